The normalized spacial score (nSPS) is 10.5. The van der Waals surface area contributed by atoms with Gasteiger partial charge < -0.3 is 0 Å². The van der Waals surface area contributed by atoms with Crippen LogP contribution in [0.4, 0.5) is 5.69 Å². The maximum atomic E-state index is 10.9. The van der Waals surface area contributed by atoms with Gasteiger partial charge in [-0.15, -0.1) is 0 Å². The van der Waals surface area contributed by atoms with Gasteiger partial charge in [0, 0.05) is 12.1 Å². The van der Waals surface area contributed by atoms with Crippen molar-refractivity contribution in [3.8, 4) is 0 Å². The molecular formula is C10H9NO3S. The van der Waals surface area contributed by atoms with E-state index in [1.807, 2.05) is 0 Å². The second kappa shape index (κ2) is 5.31. The van der Waals surface area contributed by atoms with E-state index >= 15 is 0 Å². The van der Waals surface area contributed by atoms with E-state index in [2.05, 4.69) is 0 Å². The molecule has 0 aliphatic heterocycles. The number of carbonyl (C=O) groups is 1. The molecule has 0 unspecified atom stereocenters. The standard InChI is InChI=1S/C10H9NO3S/c1-15-10(12)7-4-8-2-5-9(6-3-8)11(13)14/h2-7H,1H3/b7-4+. The minimum atomic E-state index is -0.458. The number of nitro benzene ring substituents is 1. The van der Waals surface area contributed by atoms with E-state index in [4.69, 9.17) is 0 Å². The summed E-state index contributed by atoms with van der Waals surface area (Å²) in [6.07, 6.45) is 4.76. The Morgan fingerprint density at radius 3 is 2.47 bits per heavy atom. The van der Waals surface area contributed by atoms with Crippen molar-refractivity contribution < 1.29 is 9.72 Å². The largest absolute Gasteiger partial charge is 0.282 e. The molecule has 0 bridgehead atoms. The zero-order valence-corrected chi connectivity index (χ0v) is 8.86. The first-order chi connectivity index (χ1) is 7.13. The van der Waals surface area contributed by atoms with E-state index in [9.17, 15) is 14.9 Å². The number of non-ortho nitro benzene ring substituents is 1. The third-order valence-electron chi connectivity index (χ3n) is 1.72. The summed E-state index contributed by atoms with van der Waals surface area (Å²) in [5.74, 6) is 0. The van der Waals surface area contributed by atoms with E-state index in [-0.39, 0.29) is 10.8 Å². The molecule has 1 aromatic carbocycles. The van der Waals surface area contributed by atoms with Crippen LogP contribution >= 0.6 is 11.8 Å². The van der Waals surface area contributed by atoms with Crippen molar-refractivity contribution in [3.05, 3.63) is 46.0 Å². The molecule has 0 heterocycles. The van der Waals surface area contributed by atoms with Gasteiger partial charge in [-0.25, -0.2) is 0 Å². The van der Waals surface area contributed by atoms with Crippen molar-refractivity contribution in [3.63, 3.8) is 0 Å². The number of benzene rings is 1. The van der Waals surface area contributed by atoms with Gasteiger partial charge in [0.1, 0.15) is 0 Å². The third-order valence-corrected chi connectivity index (χ3v) is 2.26. The maximum absolute atomic E-state index is 10.9. The van der Waals surface area contributed by atoms with Crippen LogP contribution in [0.5, 0.6) is 0 Å². The first kappa shape index (κ1) is 11.5. The highest BCUT2D eigenvalue weighted by Gasteiger charge is 2.02. The molecule has 78 valence electrons. The van der Waals surface area contributed by atoms with Gasteiger partial charge in [0.25, 0.3) is 5.69 Å². The van der Waals surface area contributed by atoms with Gasteiger partial charge in [-0.1, -0.05) is 17.8 Å². The second-order valence-electron chi connectivity index (χ2n) is 2.71. The Hall–Kier alpha value is -1.62. The lowest BCUT2D eigenvalue weighted by molar-refractivity contribution is -0.384. The minimum Gasteiger partial charge on any atom is -0.282 e. The lowest BCUT2D eigenvalue weighted by Gasteiger charge is -1.93. The molecule has 15 heavy (non-hydrogen) atoms. The lowest BCUT2D eigenvalue weighted by atomic mass is 10.2. The quantitative estimate of drug-likeness (QED) is 0.448. The zero-order valence-electron chi connectivity index (χ0n) is 8.04. The number of nitro groups is 1. The van der Waals surface area contributed by atoms with E-state index < -0.39 is 4.92 Å². The minimum absolute atomic E-state index is 0.0448. The van der Waals surface area contributed by atoms with Crippen LogP contribution in [-0.2, 0) is 4.79 Å². The molecule has 0 atom stereocenters. The van der Waals surface area contributed by atoms with Crippen molar-refractivity contribution in [2.75, 3.05) is 6.26 Å². The molecule has 0 N–H and O–H groups in total. The lowest BCUT2D eigenvalue weighted by Crippen LogP contribution is -1.87. The molecule has 4 nitrogen and oxygen atoms in total. The van der Waals surface area contributed by atoms with Gasteiger partial charge in [-0.2, -0.15) is 0 Å². The average Bonchev–Trinajstić information content (AvgIpc) is 2.26. The number of hydrogen-bond acceptors (Lipinski definition) is 4. The summed E-state index contributed by atoms with van der Waals surface area (Å²) < 4.78 is 0. The summed E-state index contributed by atoms with van der Waals surface area (Å²) in [6, 6.07) is 6.01. The van der Waals surface area contributed by atoms with Gasteiger partial charge >= 0.3 is 0 Å². The fourth-order valence-electron chi connectivity index (χ4n) is 0.939. The Bertz CT molecular complexity index is 398. The van der Waals surface area contributed by atoms with E-state index in [0.717, 1.165) is 17.3 Å². The summed E-state index contributed by atoms with van der Waals surface area (Å²) in [5, 5.41) is 10.3. The highest BCUT2D eigenvalue weighted by Crippen LogP contribution is 2.13. The Balaban J connectivity index is 2.77. The molecule has 1 aromatic rings. The molecule has 0 saturated carbocycles. The SMILES string of the molecule is CSC(=O)/C=C/c1ccc([N+](=O)[O-])cc1. The Kier molecular flexibility index (Phi) is 4.05. The van der Waals surface area contributed by atoms with Crippen LogP contribution in [-0.4, -0.2) is 16.3 Å². The molecule has 0 saturated heterocycles. The highest BCUT2D eigenvalue weighted by atomic mass is 32.2. The predicted octanol–water partition coefficient (Wildman–Crippen LogP) is 2.50. The number of carbonyl (C=O) groups excluding carboxylic acids is 1. The molecule has 5 heteroatoms. The molecule has 0 aromatic heterocycles. The molecular weight excluding hydrogens is 214 g/mol. The zero-order chi connectivity index (χ0) is 11.3. The van der Waals surface area contributed by atoms with Crippen LogP contribution in [0.2, 0.25) is 0 Å². The second-order valence-corrected chi connectivity index (χ2v) is 3.52. The topological polar surface area (TPSA) is 60.2 Å². The van der Waals surface area contributed by atoms with Crippen LogP contribution in [0.3, 0.4) is 0 Å². The van der Waals surface area contributed by atoms with Crippen molar-refractivity contribution in [2.24, 2.45) is 0 Å². The third kappa shape index (κ3) is 3.55. The number of rotatable bonds is 3. The molecule has 0 fully saturated rings. The van der Waals surface area contributed by atoms with Crippen molar-refractivity contribution in [1.29, 1.82) is 0 Å². The summed E-state index contributed by atoms with van der Waals surface area (Å²) in [4.78, 5) is 20.8. The molecule has 1 rings (SSSR count). The van der Waals surface area contributed by atoms with Gasteiger partial charge in [0.15, 0.2) is 0 Å². The van der Waals surface area contributed by atoms with Crippen LogP contribution in [0.15, 0.2) is 30.3 Å². The first-order valence-corrected chi connectivity index (χ1v) is 5.36. The van der Waals surface area contributed by atoms with E-state index in [1.165, 1.54) is 18.2 Å². The Morgan fingerprint density at radius 1 is 1.40 bits per heavy atom. The first-order valence-electron chi connectivity index (χ1n) is 4.14. The van der Waals surface area contributed by atoms with Crippen molar-refractivity contribution in [2.45, 2.75) is 0 Å². The molecule has 0 amide bonds. The van der Waals surface area contributed by atoms with Gasteiger partial charge in [-0.3, -0.25) is 14.9 Å². The van der Waals surface area contributed by atoms with Gasteiger partial charge in [0.2, 0.25) is 5.12 Å². The number of thioether (sulfide) groups is 1. The van der Waals surface area contributed by atoms with Gasteiger partial charge in [0.05, 0.1) is 4.92 Å². The highest BCUT2D eigenvalue weighted by molar-refractivity contribution is 8.13. The molecule has 0 aliphatic carbocycles. The monoisotopic (exact) mass is 223 g/mol. The predicted molar refractivity (Wildman–Crippen MR) is 60.7 cm³/mol. The molecule has 0 aliphatic rings. The molecule has 0 spiro atoms. The smallest absolute Gasteiger partial charge is 0.269 e. The average molecular weight is 223 g/mol. The Labute approximate surface area is 91.1 Å². The summed E-state index contributed by atoms with van der Waals surface area (Å²) in [7, 11) is 0. The fourth-order valence-corrected chi connectivity index (χ4v) is 1.14. The van der Waals surface area contributed by atoms with Crippen molar-refractivity contribution >= 4 is 28.6 Å². The maximum Gasteiger partial charge on any atom is 0.269 e. The van der Waals surface area contributed by atoms with Crippen molar-refractivity contribution in [1.82, 2.24) is 0 Å². The Morgan fingerprint density at radius 2 is 2.00 bits per heavy atom. The van der Waals surface area contributed by atoms with Gasteiger partial charge in [-0.05, 0) is 30.0 Å². The number of hydrogen-bond donors (Lipinski definition) is 0. The van der Waals surface area contributed by atoms with E-state index in [0.29, 0.717) is 0 Å². The van der Waals surface area contributed by atoms with Crippen LogP contribution in [0.1, 0.15) is 5.56 Å². The summed E-state index contributed by atoms with van der Waals surface area (Å²) >= 11 is 1.12. The van der Waals surface area contributed by atoms with Crippen LogP contribution in [0.25, 0.3) is 6.08 Å². The molecule has 0 radical (unpaired) electrons. The van der Waals surface area contributed by atoms with E-state index in [1.54, 1.807) is 24.5 Å². The number of nitrogens with zero attached hydrogens (tertiary/aromatic N) is 1. The fraction of sp³-hybridized carbons (Fsp3) is 0.100. The van der Waals surface area contributed by atoms with Crippen LogP contribution < -0.4 is 0 Å². The summed E-state index contributed by atoms with van der Waals surface area (Å²) in [5.41, 5.74) is 0.811. The van der Waals surface area contributed by atoms with Crippen LogP contribution in [0, 0.1) is 10.1 Å². The summed E-state index contributed by atoms with van der Waals surface area (Å²) in [6.45, 7) is 0.